The Hall–Kier alpha value is -3.50. The highest BCUT2D eigenvalue weighted by Gasteiger charge is 2.37. The van der Waals surface area contributed by atoms with Crippen LogP contribution in [0, 0.1) is 0 Å². The van der Waals surface area contributed by atoms with E-state index in [0.29, 0.717) is 36.9 Å². The third-order valence-corrected chi connectivity index (χ3v) is 7.40. The molecule has 2 heterocycles. The van der Waals surface area contributed by atoms with Gasteiger partial charge in [0.1, 0.15) is 23.9 Å². The van der Waals surface area contributed by atoms with Gasteiger partial charge in [-0.05, 0) is 24.6 Å². The van der Waals surface area contributed by atoms with E-state index < -0.39 is 0 Å². The first kappa shape index (κ1) is 26.6. The van der Waals surface area contributed by atoms with Crippen molar-refractivity contribution < 1.29 is 23.8 Å². The second-order valence-corrected chi connectivity index (χ2v) is 9.64. The maximum absolute atomic E-state index is 13.4. The fourth-order valence-electron chi connectivity index (χ4n) is 4.43. The first-order chi connectivity index (χ1) is 18.0. The van der Waals surface area contributed by atoms with Crippen LogP contribution in [0.25, 0.3) is 11.3 Å². The third-order valence-electron chi connectivity index (χ3n) is 6.16. The number of hydrogen-bond donors (Lipinski definition) is 1. The Labute approximate surface area is 221 Å². The highest BCUT2D eigenvalue weighted by Crippen LogP contribution is 2.50. The minimum absolute atomic E-state index is 0.102. The smallest absolute Gasteiger partial charge is 0.240 e. The average Bonchev–Trinajstić information content (AvgIpc) is 3.18. The minimum Gasteiger partial charge on any atom is -0.497 e. The molecule has 0 unspecified atom stereocenters. The molecule has 37 heavy (non-hydrogen) atoms. The van der Waals surface area contributed by atoms with Gasteiger partial charge in [0, 0.05) is 44.0 Å². The molecule has 0 radical (unpaired) electrons. The summed E-state index contributed by atoms with van der Waals surface area (Å²) < 4.78 is 18.0. The van der Waals surface area contributed by atoms with Crippen LogP contribution >= 0.6 is 11.8 Å². The lowest BCUT2D eigenvalue weighted by molar-refractivity contribution is -0.123. The lowest BCUT2D eigenvalue weighted by atomic mass is 9.98. The predicted molar refractivity (Wildman–Crippen MR) is 144 cm³/mol. The van der Waals surface area contributed by atoms with Gasteiger partial charge in [0.05, 0.1) is 30.9 Å². The molecule has 0 saturated carbocycles. The number of carbonyl (C=O) groups is 2. The Bertz CT molecular complexity index is 1250. The quantitative estimate of drug-likeness (QED) is 0.406. The van der Waals surface area contributed by atoms with Gasteiger partial charge < -0.3 is 19.5 Å². The van der Waals surface area contributed by atoms with Crippen LogP contribution in [0.2, 0.25) is 0 Å². The van der Waals surface area contributed by atoms with Crippen LogP contribution in [0.3, 0.4) is 0 Å². The number of nitrogens with one attached hydrogen (secondary N) is 1. The summed E-state index contributed by atoms with van der Waals surface area (Å²) in [7, 11) is 6.67. The number of anilines is 1. The number of hydrogen-bond acceptors (Lipinski definition) is 7. The SMILES string of the molecule is COCCCNC(=O)CN1C(=O)CS[C@@H](c2cc(OC)ccc2OC)c2c(-c3ccccc3)nn(C)c21. The second kappa shape index (κ2) is 12.2. The molecule has 0 bridgehead atoms. The van der Waals surface area contributed by atoms with Gasteiger partial charge in [0.25, 0.3) is 0 Å². The van der Waals surface area contributed by atoms with E-state index in [2.05, 4.69) is 5.32 Å². The Balaban J connectivity index is 1.83. The predicted octanol–water partition coefficient (Wildman–Crippen LogP) is 3.43. The molecule has 3 aromatic rings. The normalized spacial score (nSPS) is 15.2. The summed E-state index contributed by atoms with van der Waals surface area (Å²) in [6, 6.07) is 15.5. The molecular weight excluding hydrogens is 492 g/mol. The number of thioether (sulfide) groups is 1. The summed E-state index contributed by atoms with van der Waals surface area (Å²) in [4.78, 5) is 27.8. The van der Waals surface area contributed by atoms with Crippen molar-refractivity contribution in [3.63, 3.8) is 0 Å². The van der Waals surface area contributed by atoms with Crippen LogP contribution in [-0.4, -0.2) is 68.4 Å². The number of benzene rings is 2. The maximum atomic E-state index is 13.4. The minimum atomic E-state index is -0.289. The molecule has 2 aromatic carbocycles. The van der Waals surface area contributed by atoms with E-state index in [-0.39, 0.29) is 29.4 Å². The summed E-state index contributed by atoms with van der Waals surface area (Å²) >= 11 is 1.49. The average molecular weight is 525 g/mol. The highest BCUT2D eigenvalue weighted by atomic mass is 32.2. The Kier molecular flexibility index (Phi) is 8.73. The number of methoxy groups -OCH3 is 3. The standard InChI is InChI=1S/C27H32N4O5S/c1-30-27-24(25(29-30)18-9-6-5-7-10-18)26(20-15-19(35-3)11-12-21(20)36-4)37-17-23(33)31(27)16-22(32)28-13-8-14-34-2/h5-7,9-12,15,26H,8,13-14,16-17H2,1-4H3,(H,28,32)/t26-/m0/s1. The first-order valence-corrected chi connectivity index (χ1v) is 13.0. The first-order valence-electron chi connectivity index (χ1n) is 12.0. The van der Waals surface area contributed by atoms with Crippen molar-refractivity contribution in [3.05, 3.63) is 59.7 Å². The fourth-order valence-corrected chi connectivity index (χ4v) is 5.65. The van der Waals surface area contributed by atoms with Gasteiger partial charge >= 0.3 is 0 Å². The lowest BCUT2D eigenvalue weighted by Crippen LogP contribution is -2.42. The van der Waals surface area contributed by atoms with Crippen LogP contribution in [-0.2, 0) is 21.4 Å². The largest absolute Gasteiger partial charge is 0.497 e. The van der Waals surface area contributed by atoms with E-state index in [0.717, 1.165) is 22.4 Å². The summed E-state index contributed by atoms with van der Waals surface area (Å²) in [6.45, 7) is 0.922. The maximum Gasteiger partial charge on any atom is 0.240 e. The van der Waals surface area contributed by atoms with Gasteiger partial charge in [0.15, 0.2) is 0 Å². The van der Waals surface area contributed by atoms with Crippen LogP contribution < -0.4 is 19.7 Å². The molecule has 1 atom stereocenters. The number of carbonyl (C=O) groups excluding carboxylic acids is 2. The van der Waals surface area contributed by atoms with Crippen molar-refractivity contribution in [2.75, 3.05) is 51.7 Å². The van der Waals surface area contributed by atoms with Gasteiger partial charge in [-0.2, -0.15) is 5.10 Å². The molecule has 0 saturated heterocycles. The number of fused-ring (bicyclic) bond motifs is 1. The van der Waals surface area contributed by atoms with Gasteiger partial charge in [-0.25, -0.2) is 0 Å². The lowest BCUT2D eigenvalue weighted by Gasteiger charge is -2.23. The Morgan fingerprint density at radius 1 is 1.14 bits per heavy atom. The molecule has 9 nitrogen and oxygen atoms in total. The molecule has 1 aliphatic rings. The molecule has 1 N–H and O–H groups in total. The van der Waals surface area contributed by atoms with Gasteiger partial charge in [-0.15, -0.1) is 11.8 Å². The van der Waals surface area contributed by atoms with Crippen LogP contribution in [0.5, 0.6) is 11.5 Å². The molecular formula is C27H32N4O5S. The Morgan fingerprint density at radius 3 is 2.62 bits per heavy atom. The molecule has 196 valence electrons. The van der Waals surface area contributed by atoms with Crippen molar-refractivity contribution in [3.8, 4) is 22.8 Å². The number of aromatic nitrogens is 2. The molecule has 2 amide bonds. The van der Waals surface area contributed by atoms with E-state index in [1.807, 2.05) is 48.5 Å². The second-order valence-electron chi connectivity index (χ2n) is 8.55. The van der Waals surface area contributed by atoms with Gasteiger partial charge in [-0.1, -0.05) is 30.3 Å². The Morgan fingerprint density at radius 2 is 1.92 bits per heavy atom. The van der Waals surface area contributed by atoms with E-state index in [9.17, 15) is 9.59 Å². The van der Waals surface area contributed by atoms with Crippen LogP contribution in [0.1, 0.15) is 22.8 Å². The van der Waals surface area contributed by atoms with E-state index in [1.54, 1.807) is 38.0 Å². The summed E-state index contributed by atoms with van der Waals surface area (Å²) in [5, 5.41) is 7.44. The van der Waals surface area contributed by atoms with Crippen molar-refractivity contribution in [2.45, 2.75) is 11.7 Å². The van der Waals surface area contributed by atoms with Crippen LogP contribution in [0.4, 0.5) is 5.82 Å². The number of amides is 2. The van der Waals surface area contributed by atoms with Crippen LogP contribution in [0.15, 0.2) is 48.5 Å². The summed E-state index contributed by atoms with van der Waals surface area (Å²) in [5.74, 6) is 1.75. The van der Waals surface area contributed by atoms with E-state index in [1.165, 1.54) is 11.8 Å². The molecule has 1 aromatic heterocycles. The summed E-state index contributed by atoms with van der Waals surface area (Å²) in [5.41, 5.74) is 3.39. The zero-order valence-corrected chi connectivity index (χ0v) is 22.3. The molecule has 4 rings (SSSR count). The molecule has 0 fully saturated rings. The molecule has 0 spiro atoms. The van der Waals surface area contributed by atoms with Crippen molar-refractivity contribution in [1.29, 1.82) is 0 Å². The number of nitrogens with zero attached hydrogens (tertiary/aromatic N) is 3. The zero-order chi connectivity index (χ0) is 26.4. The number of ether oxygens (including phenoxy) is 3. The highest BCUT2D eigenvalue weighted by molar-refractivity contribution is 8.00. The topological polar surface area (TPSA) is 94.9 Å². The van der Waals surface area contributed by atoms with Crippen molar-refractivity contribution in [1.82, 2.24) is 15.1 Å². The van der Waals surface area contributed by atoms with E-state index in [4.69, 9.17) is 19.3 Å². The zero-order valence-electron chi connectivity index (χ0n) is 21.5. The molecule has 1 aliphatic heterocycles. The summed E-state index contributed by atoms with van der Waals surface area (Å²) in [6.07, 6.45) is 0.693. The number of aryl methyl sites for hydroxylation is 1. The van der Waals surface area contributed by atoms with Crippen molar-refractivity contribution >= 4 is 29.4 Å². The van der Waals surface area contributed by atoms with Gasteiger partial charge in [0.2, 0.25) is 11.8 Å². The monoisotopic (exact) mass is 524 g/mol. The number of rotatable bonds is 10. The molecule has 10 heteroatoms. The fraction of sp³-hybridized carbons (Fsp3) is 0.370. The third kappa shape index (κ3) is 5.75. The van der Waals surface area contributed by atoms with Crippen molar-refractivity contribution in [2.24, 2.45) is 7.05 Å². The molecule has 0 aliphatic carbocycles. The van der Waals surface area contributed by atoms with E-state index >= 15 is 0 Å². The van der Waals surface area contributed by atoms with Gasteiger partial charge in [-0.3, -0.25) is 19.2 Å².